The van der Waals surface area contributed by atoms with E-state index in [1.165, 1.54) is 30.3 Å². The van der Waals surface area contributed by atoms with Crippen molar-refractivity contribution < 1.29 is 41.8 Å². The molecule has 3 aliphatic rings. The molecule has 15 heteroatoms. The fourth-order valence-electron chi connectivity index (χ4n) is 4.71. The molecule has 6 rings (SSSR count). The van der Waals surface area contributed by atoms with Crippen LogP contribution in [0.3, 0.4) is 0 Å². The first kappa shape index (κ1) is 36.7. The van der Waals surface area contributed by atoms with Crippen LogP contribution in [0.2, 0.25) is 0 Å². The third-order valence-corrected chi connectivity index (χ3v) is 6.91. The summed E-state index contributed by atoms with van der Waals surface area (Å²) >= 11 is 9.53. The topological polar surface area (TPSA) is 114 Å². The molecule has 0 spiro atoms. The molecule has 2 fully saturated rings. The number of halogens is 4. The summed E-state index contributed by atoms with van der Waals surface area (Å²) in [5.74, 6) is -0.353. The predicted molar refractivity (Wildman–Crippen MR) is 171 cm³/mol. The lowest BCUT2D eigenvalue weighted by Crippen LogP contribution is -2.48. The molecule has 0 unspecified atom stereocenters. The van der Waals surface area contributed by atoms with E-state index in [0.717, 1.165) is 37.3 Å². The summed E-state index contributed by atoms with van der Waals surface area (Å²) in [4.78, 5) is 39.2. The summed E-state index contributed by atoms with van der Waals surface area (Å²) in [6, 6.07) is 8.43. The number of carbonyl (C=O) groups excluding carboxylic acids is 3. The first-order valence-electron chi connectivity index (χ1n) is 14.8. The van der Waals surface area contributed by atoms with Gasteiger partial charge in [-0.05, 0) is 50.2 Å². The molecule has 1 aromatic heterocycles. The maximum atomic E-state index is 13.4. The fraction of sp³-hybridized carbons (Fsp3) is 0.452. The molecule has 11 nitrogen and oxygen atoms in total. The Morgan fingerprint density at radius 2 is 1.43 bits per heavy atom. The second-order valence-electron chi connectivity index (χ2n) is 9.82. The Balaban J connectivity index is 0.000000195. The van der Waals surface area contributed by atoms with Crippen LogP contribution >= 0.6 is 23.2 Å². The SMILES string of the molecule is CCOC(=O)N1CCN(c2coc3ccc(F)cc23)CC1.CCOC(=O)N1CCNCC1.ClCCl.O=C1COc2ccc(F)cc21. The van der Waals surface area contributed by atoms with Crippen LogP contribution in [-0.2, 0) is 9.47 Å². The molecule has 3 aliphatic heterocycles. The standard InChI is InChI=1S/C15H17FN2O3.C8H5FO2.C7H14N2O2.CH2Cl2/c1-2-20-15(19)18-7-5-17(6-8-18)13-10-21-14-4-3-11(16)9-12(13)14;9-5-1-2-8-6(3-5)7(10)4-11-8;1-2-11-7(10)9-5-3-8-4-6-9;2-1-3/h3-4,9-10H,2,5-8H2,1H3;1-3H,4H2;8H,2-6H2,1H3;1H2. The molecule has 0 radical (unpaired) electrons. The number of carbonyl (C=O) groups is 3. The van der Waals surface area contributed by atoms with Crippen LogP contribution in [-0.4, -0.2) is 105 Å². The number of piperazine rings is 2. The van der Waals surface area contributed by atoms with Crippen molar-refractivity contribution in [3.8, 4) is 5.75 Å². The quantitative estimate of drug-likeness (QED) is 0.346. The molecule has 252 valence electrons. The minimum atomic E-state index is -0.400. The number of Topliss-reactive ketones (excluding diaryl/α,β-unsaturated/α-hetero) is 1. The lowest BCUT2D eigenvalue weighted by atomic mass is 10.1. The third-order valence-electron chi connectivity index (χ3n) is 6.91. The number of fused-ring (bicyclic) bond motifs is 2. The molecule has 0 aliphatic carbocycles. The van der Waals surface area contributed by atoms with Crippen LogP contribution in [0.4, 0.5) is 24.1 Å². The van der Waals surface area contributed by atoms with E-state index in [4.69, 9.17) is 41.8 Å². The Kier molecular flexibility index (Phi) is 15.1. The number of nitrogens with zero attached hydrogens (tertiary/aromatic N) is 3. The third kappa shape index (κ3) is 10.6. The first-order valence-corrected chi connectivity index (χ1v) is 15.8. The highest BCUT2D eigenvalue weighted by molar-refractivity contribution is 6.40. The van der Waals surface area contributed by atoms with Crippen LogP contribution in [0.15, 0.2) is 47.1 Å². The zero-order valence-electron chi connectivity index (χ0n) is 25.7. The summed E-state index contributed by atoms with van der Waals surface area (Å²) in [7, 11) is 0. The zero-order chi connectivity index (χ0) is 33.5. The Morgan fingerprint density at radius 3 is 2.04 bits per heavy atom. The molecule has 3 aromatic rings. The van der Waals surface area contributed by atoms with Gasteiger partial charge in [-0.25, -0.2) is 18.4 Å². The van der Waals surface area contributed by atoms with Gasteiger partial charge in [0.05, 0.1) is 29.8 Å². The molecule has 0 saturated carbocycles. The van der Waals surface area contributed by atoms with E-state index in [2.05, 4.69) is 10.2 Å². The van der Waals surface area contributed by atoms with Crippen molar-refractivity contribution in [2.24, 2.45) is 0 Å². The molecule has 0 atom stereocenters. The van der Waals surface area contributed by atoms with Crippen molar-refractivity contribution in [2.45, 2.75) is 13.8 Å². The minimum Gasteiger partial charge on any atom is -0.485 e. The van der Waals surface area contributed by atoms with Crippen LogP contribution in [0.25, 0.3) is 11.0 Å². The second kappa shape index (κ2) is 19.0. The lowest BCUT2D eigenvalue weighted by Gasteiger charge is -2.34. The maximum Gasteiger partial charge on any atom is 0.409 e. The van der Waals surface area contributed by atoms with Gasteiger partial charge in [-0.3, -0.25) is 4.79 Å². The van der Waals surface area contributed by atoms with Crippen molar-refractivity contribution >= 4 is 57.8 Å². The van der Waals surface area contributed by atoms with E-state index in [1.54, 1.807) is 29.1 Å². The summed E-state index contributed by atoms with van der Waals surface area (Å²) in [6.45, 7) is 10.3. The van der Waals surface area contributed by atoms with E-state index in [1.807, 2.05) is 6.92 Å². The fourth-order valence-corrected chi connectivity index (χ4v) is 4.71. The largest absolute Gasteiger partial charge is 0.485 e. The number of ketones is 1. The van der Waals surface area contributed by atoms with Gasteiger partial charge >= 0.3 is 12.2 Å². The summed E-state index contributed by atoms with van der Waals surface area (Å²) in [6.07, 6.45) is 1.18. The molecule has 0 bridgehead atoms. The van der Waals surface area contributed by atoms with E-state index in [-0.39, 0.29) is 35.7 Å². The number of hydrogen-bond donors (Lipinski definition) is 1. The van der Waals surface area contributed by atoms with Gasteiger partial charge < -0.3 is 38.6 Å². The number of furan rings is 1. The van der Waals surface area contributed by atoms with Crippen LogP contribution in [0.5, 0.6) is 5.75 Å². The second-order valence-corrected chi connectivity index (χ2v) is 10.6. The van der Waals surface area contributed by atoms with Crippen molar-refractivity contribution in [2.75, 3.05) is 82.4 Å². The number of ether oxygens (including phenoxy) is 3. The Hall–Kier alpha value is -3.81. The van der Waals surface area contributed by atoms with Gasteiger partial charge in [0.1, 0.15) is 29.2 Å². The van der Waals surface area contributed by atoms with E-state index in [0.29, 0.717) is 56.3 Å². The number of rotatable bonds is 3. The molecular weight excluding hydrogens is 649 g/mol. The molecule has 1 N–H and O–H groups in total. The molecule has 46 heavy (non-hydrogen) atoms. The van der Waals surface area contributed by atoms with E-state index in [9.17, 15) is 23.2 Å². The van der Waals surface area contributed by atoms with Gasteiger partial charge in [-0.15, -0.1) is 23.2 Å². The highest BCUT2D eigenvalue weighted by Gasteiger charge is 2.24. The van der Waals surface area contributed by atoms with Crippen molar-refractivity contribution in [3.05, 3.63) is 59.9 Å². The van der Waals surface area contributed by atoms with Gasteiger partial charge in [-0.1, -0.05) is 0 Å². The molecule has 2 saturated heterocycles. The van der Waals surface area contributed by atoms with Crippen LogP contribution in [0.1, 0.15) is 24.2 Å². The predicted octanol–water partition coefficient (Wildman–Crippen LogP) is 5.72. The van der Waals surface area contributed by atoms with Gasteiger partial charge in [0.25, 0.3) is 0 Å². The Bertz CT molecular complexity index is 1430. The van der Waals surface area contributed by atoms with Gasteiger partial charge in [-0.2, -0.15) is 0 Å². The lowest BCUT2D eigenvalue weighted by molar-refractivity contribution is 0.0959. The van der Waals surface area contributed by atoms with Crippen molar-refractivity contribution in [1.82, 2.24) is 15.1 Å². The normalized spacial score (nSPS) is 15.3. The Labute approximate surface area is 276 Å². The average molecular weight is 688 g/mol. The van der Waals surface area contributed by atoms with E-state index >= 15 is 0 Å². The number of alkyl halides is 2. The van der Waals surface area contributed by atoms with E-state index < -0.39 is 5.82 Å². The number of anilines is 1. The Morgan fingerprint density at radius 1 is 0.870 bits per heavy atom. The molecule has 2 amide bonds. The van der Waals surface area contributed by atoms with Crippen molar-refractivity contribution in [3.63, 3.8) is 0 Å². The number of amides is 2. The molecule has 2 aromatic carbocycles. The summed E-state index contributed by atoms with van der Waals surface area (Å²) in [5.41, 5.74) is 1.89. The monoisotopic (exact) mass is 686 g/mol. The average Bonchev–Trinajstić information content (AvgIpc) is 3.65. The number of hydrogen-bond acceptors (Lipinski definition) is 9. The highest BCUT2D eigenvalue weighted by Crippen LogP contribution is 2.30. The van der Waals surface area contributed by atoms with Gasteiger partial charge in [0.2, 0.25) is 5.78 Å². The van der Waals surface area contributed by atoms with Crippen LogP contribution < -0.4 is 15.0 Å². The van der Waals surface area contributed by atoms with Gasteiger partial charge in [0, 0.05) is 57.7 Å². The minimum absolute atomic E-state index is 0.0405. The maximum absolute atomic E-state index is 13.4. The molecule has 4 heterocycles. The first-order chi connectivity index (χ1) is 22.2. The summed E-state index contributed by atoms with van der Waals surface area (Å²) < 4.78 is 46.2. The van der Waals surface area contributed by atoms with Crippen LogP contribution in [0, 0.1) is 11.6 Å². The highest BCUT2D eigenvalue weighted by atomic mass is 35.5. The van der Waals surface area contributed by atoms with Gasteiger partial charge in [0.15, 0.2) is 6.61 Å². The number of nitrogens with one attached hydrogen (secondary N) is 1. The molecular formula is C31H38Cl2F2N4O7. The zero-order valence-corrected chi connectivity index (χ0v) is 27.2. The number of benzene rings is 2. The van der Waals surface area contributed by atoms with Crippen molar-refractivity contribution in [1.29, 1.82) is 0 Å². The summed E-state index contributed by atoms with van der Waals surface area (Å²) in [5, 5.41) is 4.12. The smallest absolute Gasteiger partial charge is 0.409 e.